The number of nitrogens with zero attached hydrogens (tertiary/aromatic N) is 4. The summed E-state index contributed by atoms with van der Waals surface area (Å²) in [5.41, 5.74) is 0.891. The van der Waals surface area contributed by atoms with Gasteiger partial charge in [-0.15, -0.1) is 0 Å². The van der Waals surface area contributed by atoms with Crippen molar-refractivity contribution >= 4 is 11.6 Å². The molecule has 0 radical (unpaired) electrons. The molecule has 1 saturated heterocycles. The van der Waals surface area contributed by atoms with Crippen LogP contribution in [0, 0.1) is 10.1 Å². The van der Waals surface area contributed by atoms with Crippen LogP contribution < -0.4 is 0 Å². The van der Waals surface area contributed by atoms with Gasteiger partial charge < -0.3 is 9.47 Å². The lowest BCUT2D eigenvalue weighted by atomic mass is 10.1. The largest absolute Gasteiger partial charge is 0.338 e. The highest BCUT2D eigenvalue weighted by atomic mass is 16.6. The minimum Gasteiger partial charge on any atom is -0.338 e. The van der Waals surface area contributed by atoms with Crippen LogP contribution in [0.5, 0.6) is 0 Å². The average molecular weight is 328 g/mol. The van der Waals surface area contributed by atoms with E-state index in [0.29, 0.717) is 12.8 Å². The summed E-state index contributed by atoms with van der Waals surface area (Å²) in [6, 6.07) is 6.70. The zero-order chi connectivity index (χ0) is 16.9. The number of nitro groups is 1. The smallest absolute Gasteiger partial charge is 0.269 e. The van der Waals surface area contributed by atoms with Crippen LogP contribution in [0.4, 0.5) is 5.69 Å². The molecule has 1 fully saturated rings. The van der Waals surface area contributed by atoms with Gasteiger partial charge in [0.25, 0.3) is 5.69 Å². The number of likely N-dealkylation sites (tertiary alicyclic amines) is 1. The van der Waals surface area contributed by atoms with E-state index >= 15 is 0 Å². The Labute approximate surface area is 140 Å². The molecule has 1 aliphatic heterocycles. The fourth-order valence-corrected chi connectivity index (χ4v) is 3.21. The zero-order valence-electron chi connectivity index (χ0n) is 13.4. The van der Waals surface area contributed by atoms with Crippen LogP contribution in [-0.4, -0.2) is 37.9 Å². The minimum atomic E-state index is -0.410. The Balaban J connectivity index is 1.58. The number of rotatable bonds is 6. The number of carbonyl (C=O) groups excluding carboxylic acids is 1. The molecule has 2 aromatic rings. The second kappa shape index (κ2) is 7.25. The first kappa shape index (κ1) is 16.2. The predicted molar refractivity (Wildman–Crippen MR) is 88.4 cm³/mol. The van der Waals surface area contributed by atoms with E-state index in [0.717, 1.165) is 31.5 Å². The van der Waals surface area contributed by atoms with E-state index in [1.807, 2.05) is 21.7 Å². The molecule has 1 aromatic heterocycles. The first-order chi connectivity index (χ1) is 11.6. The molecule has 1 aliphatic rings. The lowest BCUT2D eigenvalue weighted by molar-refractivity contribution is -0.384. The van der Waals surface area contributed by atoms with Crippen LogP contribution in [0.3, 0.4) is 0 Å². The molecule has 7 heteroatoms. The first-order valence-electron chi connectivity index (χ1n) is 8.12. The molecule has 0 spiro atoms. The number of imidazole rings is 1. The van der Waals surface area contributed by atoms with Crippen LogP contribution in [0.2, 0.25) is 0 Å². The molecule has 0 N–H and O–H groups in total. The van der Waals surface area contributed by atoms with Crippen molar-refractivity contribution in [2.45, 2.75) is 38.3 Å². The van der Waals surface area contributed by atoms with E-state index < -0.39 is 4.92 Å². The van der Waals surface area contributed by atoms with E-state index in [4.69, 9.17) is 0 Å². The molecular weight excluding hydrogens is 308 g/mol. The molecule has 126 valence electrons. The Bertz CT molecular complexity index is 714. The maximum absolute atomic E-state index is 12.5. The molecular formula is C17H20N4O3. The third-order valence-electron chi connectivity index (χ3n) is 4.43. The van der Waals surface area contributed by atoms with Crippen LogP contribution in [-0.2, 0) is 17.8 Å². The summed E-state index contributed by atoms with van der Waals surface area (Å²) in [6.45, 7) is 1.55. The quantitative estimate of drug-likeness (QED) is 0.602. The van der Waals surface area contributed by atoms with Gasteiger partial charge in [-0.2, -0.15) is 0 Å². The number of aryl methyl sites for hydroxylation is 1. The number of hydrogen-bond donors (Lipinski definition) is 0. The van der Waals surface area contributed by atoms with Gasteiger partial charge >= 0.3 is 0 Å². The molecule has 7 nitrogen and oxygen atoms in total. The van der Waals surface area contributed by atoms with Gasteiger partial charge in [0.2, 0.25) is 5.91 Å². The van der Waals surface area contributed by atoms with Crippen molar-refractivity contribution in [3.05, 3.63) is 58.7 Å². The van der Waals surface area contributed by atoms with Gasteiger partial charge in [-0.3, -0.25) is 14.9 Å². The number of nitro benzene ring substituents is 1. The SMILES string of the molecule is O=C(CCc1cccc([N+](=O)[O-])c1)N1CCCC1Cn1ccnc1. The molecule has 24 heavy (non-hydrogen) atoms. The summed E-state index contributed by atoms with van der Waals surface area (Å²) in [4.78, 5) is 28.9. The van der Waals surface area contributed by atoms with Crippen molar-refractivity contribution in [1.29, 1.82) is 0 Å². The molecule has 0 aliphatic carbocycles. The summed E-state index contributed by atoms with van der Waals surface area (Å²) >= 11 is 0. The molecule has 3 rings (SSSR count). The standard InChI is InChI=1S/C17H20N4O3/c22-17(7-6-14-3-1-4-15(11-14)21(23)24)20-9-2-5-16(20)12-19-10-8-18-13-19/h1,3-4,8,10-11,13,16H,2,5-7,9,12H2. The Morgan fingerprint density at radius 1 is 1.42 bits per heavy atom. The van der Waals surface area contributed by atoms with Gasteiger partial charge in [-0.1, -0.05) is 12.1 Å². The van der Waals surface area contributed by atoms with E-state index in [-0.39, 0.29) is 17.6 Å². The van der Waals surface area contributed by atoms with Crippen molar-refractivity contribution in [3.8, 4) is 0 Å². The fourth-order valence-electron chi connectivity index (χ4n) is 3.21. The van der Waals surface area contributed by atoms with Crippen molar-refractivity contribution in [3.63, 3.8) is 0 Å². The first-order valence-corrected chi connectivity index (χ1v) is 8.12. The van der Waals surface area contributed by atoms with Crippen molar-refractivity contribution in [2.75, 3.05) is 6.54 Å². The number of non-ortho nitro benzene ring substituents is 1. The van der Waals surface area contributed by atoms with Gasteiger partial charge in [0.1, 0.15) is 0 Å². The maximum atomic E-state index is 12.5. The minimum absolute atomic E-state index is 0.0686. The second-order valence-electron chi connectivity index (χ2n) is 6.07. The number of benzene rings is 1. The third-order valence-corrected chi connectivity index (χ3v) is 4.43. The third kappa shape index (κ3) is 3.79. The monoisotopic (exact) mass is 328 g/mol. The number of amides is 1. The van der Waals surface area contributed by atoms with Crippen molar-refractivity contribution < 1.29 is 9.72 Å². The number of carbonyl (C=O) groups is 1. The van der Waals surface area contributed by atoms with Crippen LogP contribution in [0.1, 0.15) is 24.8 Å². The normalized spacial score (nSPS) is 17.2. The molecule has 0 bridgehead atoms. The van der Waals surface area contributed by atoms with Gasteiger partial charge in [-0.25, -0.2) is 4.98 Å². The highest BCUT2D eigenvalue weighted by molar-refractivity contribution is 5.77. The van der Waals surface area contributed by atoms with E-state index in [9.17, 15) is 14.9 Å². The van der Waals surface area contributed by atoms with Crippen LogP contribution in [0.15, 0.2) is 43.0 Å². The van der Waals surface area contributed by atoms with Crippen LogP contribution in [0.25, 0.3) is 0 Å². The Morgan fingerprint density at radius 2 is 2.29 bits per heavy atom. The van der Waals surface area contributed by atoms with Gasteiger partial charge in [-0.05, 0) is 24.8 Å². The van der Waals surface area contributed by atoms with Crippen molar-refractivity contribution in [1.82, 2.24) is 14.5 Å². The second-order valence-corrected chi connectivity index (χ2v) is 6.07. The zero-order valence-corrected chi connectivity index (χ0v) is 13.4. The Hall–Kier alpha value is -2.70. The topological polar surface area (TPSA) is 81.3 Å². The summed E-state index contributed by atoms with van der Waals surface area (Å²) in [5.74, 6) is 0.115. The average Bonchev–Trinajstić information content (AvgIpc) is 3.25. The molecule has 1 amide bonds. The lowest BCUT2D eigenvalue weighted by Crippen LogP contribution is -2.38. The highest BCUT2D eigenvalue weighted by Gasteiger charge is 2.28. The summed E-state index contributed by atoms with van der Waals surface area (Å²) < 4.78 is 2.00. The van der Waals surface area contributed by atoms with E-state index in [1.54, 1.807) is 24.7 Å². The molecule has 0 saturated carbocycles. The number of aromatic nitrogens is 2. The Morgan fingerprint density at radius 3 is 3.04 bits per heavy atom. The van der Waals surface area contributed by atoms with E-state index in [2.05, 4.69) is 4.98 Å². The summed E-state index contributed by atoms with van der Waals surface area (Å²) in [6.07, 6.45) is 8.33. The van der Waals surface area contributed by atoms with Crippen molar-refractivity contribution in [2.24, 2.45) is 0 Å². The lowest BCUT2D eigenvalue weighted by Gasteiger charge is -2.25. The van der Waals surface area contributed by atoms with Gasteiger partial charge in [0.05, 0.1) is 11.3 Å². The van der Waals surface area contributed by atoms with Gasteiger partial charge in [0.15, 0.2) is 0 Å². The molecule has 1 unspecified atom stereocenters. The molecule has 1 atom stereocenters. The highest BCUT2D eigenvalue weighted by Crippen LogP contribution is 2.21. The summed E-state index contributed by atoms with van der Waals surface area (Å²) in [7, 11) is 0. The van der Waals surface area contributed by atoms with Crippen LogP contribution >= 0.6 is 0 Å². The summed E-state index contributed by atoms with van der Waals surface area (Å²) in [5, 5.41) is 10.8. The predicted octanol–water partition coefficient (Wildman–Crippen LogP) is 2.42. The van der Waals surface area contributed by atoms with Gasteiger partial charge in [0, 0.05) is 50.1 Å². The molecule has 2 heterocycles. The Kier molecular flexibility index (Phi) is 4.88. The number of hydrogen-bond acceptors (Lipinski definition) is 4. The molecule has 1 aromatic carbocycles. The maximum Gasteiger partial charge on any atom is 0.269 e. The fraction of sp³-hybridized carbons (Fsp3) is 0.412. The van der Waals surface area contributed by atoms with E-state index in [1.165, 1.54) is 6.07 Å².